The summed E-state index contributed by atoms with van der Waals surface area (Å²) >= 11 is 5.75. The molecule has 2 aromatic rings. The Labute approximate surface area is 141 Å². The summed E-state index contributed by atoms with van der Waals surface area (Å²) in [6.45, 7) is 2.43. The number of rotatable bonds is 8. The molecule has 0 aliphatic rings. The first kappa shape index (κ1) is 17.7. The first-order chi connectivity index (χ1) is 11.0. The zero-order valence-corrected chi connectivity index (χ0v) is 14.3. The van der Waals surface area contributed by atoms with E-state index >= 15 is 0 Å². The Morgan fingerprint density at radius 2 is 1.74 bits per heavy atom. The summed E-state index contributed by atoms with van der Waals surface area (Å²) in [6, 6.07) is 11.7. The molecule has 7 heteroatoms. The second kappa shape index (κ2) is 8.29. The van der Waals surface area contributed by atoms with Crippen molar-refractivity contribution in [2.75, 3.05) is 13.2 Å². The molecular weight excluding hydrogens is 338 g/mol. The van der Waals surface area contributed by atoms with Crippen LogP contribution in [-0.2, 0) is 14.3 Å². The summed E-state index contributed by atoms with van der Waals surface area (Å²) in [5, 5.41) is 0.370. The van der Waals surface area contributed by atoms with Gasteiger partial charge in [-0.2, -0.15) is 8.42 Å². The molecule has 0 saturated carbocycles. The summed E-state index contributed by atoms with van der Waals surface area (Å²) in [4.78, 5) is 4.16. The van der Waals surface area contributed by atoms with Crippen molar-refractivity contribution in [1.82, 2.24) is 4.98 Å². The molecular formula is C16H18ClNO4S. The highest BCUT2D eigenvalue weighted by Gasteiger charge is 2.14. The molecule has 0 unspecified atom stereocenters. The maximum Gasteiger partial charge on any atom is 0.296 e. The lowest BCUT2D eigenvalue weighted by Gasteiger charge is -2.07. The molecule has 5 nitrogen and oxygen atoms in total. The van der Waals surface area contributed by atoms with Gasteiger partial charge in [-0.15, -0.1) is 0 Å². The molecule has 0 aliphatic carbocycles. The third-order valence-corrected chi connectivity index (χ3v) is 4.56. The van der Waals surface area contributed by atoms with E-state index in [4.69, 9.17) is 20.5 Å². The quantitative estimate of drug-likeness (QED) is 0.411. The Kier molecular flexibility index (Phi) is 6.38. The minimum atomic E-state index is -3.69. The van der Waals surface area contributed by atoms with Gasteiger partial charge in [-0.25, -0.2) is 4.98 Å². The highest BCUT2D eigenvalue weighted by atomic mass is 35.5. The Bertz CT molecular complexity index is 732. The molecule has 0 fully saturated rings. The largest absolute Gasteiger partial charge is 0.478 e. The summed E-state index contributed by atoms with van der Waals surface area (Å²) in [6.07, 6.45) is 1.21. The molecule has 124 valence electrons. The Morgan fingerprint density at radius 1 is 1.04 bits per heavy atom. The van der Waals surface area contributed by atoms with E-state index in [9.17, 15) is 8.42 Å². The van der Waals surface area contributed by atoms with E-state index in [2.05, 4.69) is 4.98 Å². The molecule has 1 aromatic heterocycles. The van der Waals surface area contributed by atoms with Gasteiger partial charge in [0.05, 0.1) is 18.1 Å². The second-order valence-electron chi connectivity index (χ2n) is 4.94. The fourth-order valence-electron chi connectivity index (χ4n) is 1.79. The first-order valence-corrected chi connectivity index (χ1v) is 8.97. The van der Waals surface area contributed by atoms with Gasteiger partial charge in [-0.3, -0.25) is 4.18 Å². The lowest BCUT2D eigenvalue weighted by molar-refractivity contribution is 0.263. The normalized spacial score (nSPS) is 11.4. The summed E-state index contributed by atoms with van der Waals surface area (Å²) in [5.41, 5.74) is 0.996. The number of benzene rings is 1. The topological polar surface area (TPSA) is 65.5 Å². The number of unbranched alkanes of at least 4 members (excludes halogenated alkanes) is 1. The molecule has 23 heavy (non-hydrogen) atoms. The molecule has 0 bridgehead atoms. The molecule has 0 radical (unpaired) electrons. The van der Waals surface area contributed by atoms with Gasteiger partial charge in [-0.05, 0) is 38.0 Å². The van der Waals surface area contributed by atoms with Gasteiger partial charge in [0.2, 0.25) is 5.88 Å². The van der Waals surface area contributed by atoms with Crippen LogP contribution in [0.25, 0.3) is 0 Å². The minimum absolute atomic E-state index is 0.114. The van der Waals surface area contributed by atoms with Crippen LogP contribution in [0.5, 0.6) is 5.88 Å². The van der Waals surface area contributed by atoms with Crippen LogP contribution >= 0.6 is 11.6 Å². The van der Waals surface area contributed by atoms with Crippen LogP contribution in [0.2, 0.25) is 5.15 Å². The molecule has 1 heterocycles. The first-order valence-electron chi connectivity index (χ1n) is 7.19. The van der Waals surface area contributed by atoms with Gasteiger partial charge >= 0.3 is 0 Å². The van der Waals surface area contributed by atoms with Crippen LogP contribution in [0.1, 0.15) is 18.4 Å². The number of nitrogens with zero attached hydrogens (tertiary/aromatic N) is 1. The van der Waals surface area contributed by atoms with Gasteiger partial charge in [0.1, 0.15) is 5.15 Å². The molecule has 0 aliphatic heterocycles. The molecule has 0 spiro atoms. The fraction of sp³-hybridized carbons (Fsp3) is 0.312. The Hall–Kier alpha value is -1.63. The lowest BCUT2D eigenvalue weighted by Crippen LogP contribution is -2.09. The van der Waals surface area contributed by atoms with Gasteiger partial charge < -0.3 is 4.74 Å². The molecule has 0 N–H and O–H groups in total. The maximum absolute atomic E-state index is 12.0. The summed E-state index contributed by atoms with van der Waals surface area (Å²) in [5.74, 6) is 0.450. The van der Waals surface area contributed by atoms with Gasteiger partial charge in [0, 0.05) is 6.07 Å². The van der Waals surface area contributed by atoms with Crippen molar-refractivity contribution >= 4 is 21.7 Å². The zero-order chi connectivity index (χ0) is 16.7. The molecule has 1 aromatic carbocycles. The number of aryl methyl sites for hydroxylation is 1. The molecule has 0 atom stereocenters. The predicted molar refractivity (Wildman–Crippen MR) is 88.3 cm³/mol. The number of halogens is 1. The Morgan fingerprint density at radius 3 is 2.43 bits per heavy atom. The third kappa shape index (κ3) is 5.82. The van der Waals surface area contributed by atoms with Crippen LogP contribution in [0.4, 0.5) is 0 Å². The van der Waals surface area contributed by atoms with Gasteiger partial charge in [0.15, 0.2) is 0 Å². The highest BCUT2D eigenvalue weighted by molar-refractivity contribution is 7.86. The monoisotopic (exact) mass is 355 g/mol. The highest BCUT2D eigenvalue weighted by Crippen LogP contribution is 2.14. The average molecular weight is 356 g/mol. The van der Waals surface area contributed by atoms with E-state index in [1.54, 1.807) is 42.5 Å². The molecule has 0 amide bonds. The predicted octanol–water partition coefficient (Wildman–Crippen LogP) is 3.61. The number of pyridine rings is 1. The van der Waals surface area contributed by atoms with Crippen LogP contribution in [-0.4, -0.2) is 26.6 Å². The van der Waals surface area contributed by atoms with Crippen molar-refractivity contribution in [2.45, 2.75) is 24.7 Å². The van der Waals surface area contributed by atoms with Crippen LogP contribution in [0.3, 0.4) is 0 Å². The van der Waals surface area contributed by atoms with Crippen LogP contribution in [0, 0.1) is 6.92 Å². The van der Waals surface area contributed by atoms with Crippen molar-refractivity contribution in [3.8, 4) is 5.88 Å². The molecule has 2 rings (SSSR count). The molecule has 0 saturated heterocycles. The van der Waals surface area contributed by atoms with E-state index in [0.717, 1.165) is 5.56 Å². The number of ether oxygens (including phenoxy) is 1. The van der Waals surface area contributed by atoms with E-state index in [0.29, 0.717) is 30.5 Å². The van der Waals surface area contributed by atoms with E-state index in [-0.39, 0.29) is 11.5 Å². The number of aromatic nitrogens is 1. The second-order valence-corrected chi connectivity index (χ2v) is 6.95. The maximum atomic E-state index is 12.0. The SMILES string of the molecule is Cc1ccc(S(=O)(=O)OCCCCOc2cccc(Cl)n2)cc1. The van der Waals surface area contributed by atoms with Crippen molar-refractivity contribution in [2.24, 2.45) is 0 Å². The zero-order valence-electron chi connectivity index (χ0n) is 12.7. The summed E-state index contributed by atoms with van der Waals surface area (Å²) in [7, 11) is -3.69. The minimum Gasteiger partial charge on any atom is -0.478 e. The van der Waals surface area contributed by atoms with E-state index in [1.165, 1.54) is 0 Å². The van der Waals surface area contributed by atoms with Crippen molar-refractivity contribution in [3.63, 3.8) is 0 Å². The van der Waals surface area contributed by atoms with E-state index < -0.39 is 10.1 Å². The van der Waals surface area contributed by atoms with E-state index in [1.807, 2.05) is 6.92 Å². The van der Waals surface area contributed by atoms with Crippen LogP contribution in [0.15, 0.2) is 47.4 Å². The third-order valence-electron chi connectivity index (χ3n) is 3.03. The number of hydrogen-bond acceptors (Lipinski definition) is 5. The lowest BCUT2D eigenvalue weighted by atomic mass is 10.2. The number of hydrogen-bond donors (Lipinski definition) is 0. The van der Waals surface area contributed by atoms with Crippen LogP contribution < -0.4 is 4.74 Å². The Balaban J connectivity index is 1.69. The fourth-order valence-corrected chi connectivity index (χ4v) is 2.89. The average Bonchev–Trinajstić information content (AvgIpc) is 2.51. The van der Waals surface area contributed by atoms with Crippen molar-refractivity contribution in [1.29, 1.82) is 0 Å². The smallest absolute Gasteiger partial charge is 0.296 e. The standard InChI is InChI=1S/C16H18ClNO4S/c1-13-7-9-14(10-8-13)23(19,20)22-12-3-2-11-21-16-6-4-5-15(17)18-16/h4-10H,2-3,11-12H2,1H3. The van der Waals surface area contributed by atoms with Gasteiger partial charge in [0.25, 0.3) is 10.1 Å². The van der Waals surface area contributed by atoms with Gasteiger partial charge in [-0.1, -0.05) is 35.4 Å². The van der Waals surface area contributed by atoms with Crippen molar-refractivity contribution in [3.05, 3.63) is 53.2 Å². The van der Waals surface area contributed by atoms with Crippen molar-refractivity contribution < 1.29 is 17.3 Å². The summed E-state index contributed by atoms with van der Waals surface area (Å²) < 4.78 is 34.3.